The van der Waals surface area contributed by atoms with Crippen molar-refractivity contribution in [2.75, 3.05) is 0 Å². The summed E-state index contributed by atoms with van der Waals surface area (Å²) in [5.41, 5.74) is 0. The molecule has 0 amide bonds. The van der Waals surface area contributed by atoms with Crippen molar-refractivity contribution in [1.82, 2.24) is 0 Å². The first-order chi connectivity index (χ1) is 2.77. The molecule has 34 valence electrons. The molecule has 0 atom stereocenters. The summed E-state index contributed by atoms with van der Waals surface area (Å²) in [6.07, 6.45) is 1.60. The molecule has 2 heteroatoms. The van der Waals surface area contributed by atoms with E-state index in [9.17, 15) is 0 Å². The van der Waals surface area contributed by atoms with Crippen molar-refractivity contribution in [3.8, 4) is 0 Å². The molecule has 0 radical (unpaired) electrons. The quantitative estimate of drug-likeness (QED) is 0.337. The average Bonchev–Trinajstić information content (AvgIpc) is 1.35. The molecule has 0 rings (SSSR count). The van der Waals surface area contributed by atoms with Crippen LogP contribution in [0.4, 0.5) is 0 Å². The van der Waals surface area contributed by atoms with E-state index >= 15 is 0 Å². The summed E-state index contributed by atoms with van der Waals surface area (Å²) < 4.78 is 0. The van der Waals surface area contributed by atoms with Gasteiger partial charge in [0.25, 0.3) is 0 Å². The van der Waals surface area contributed by atoms with Gasteiger partial charge in [-0.15, -0.1) is 0 Å². The molecule has 0 aromatic heterocycles. The van der Waals surface area contributed by atoms with Crippen molar-refractivity contribution < 1.29 is 0 Å². The first kappa shape index (κ1) is 5.34. The van der Waals surface area contributed by atoms with Crippen LogP contribution in [0.2, 0.25) is 0 Å². The monoisotopic (exact) mass is 84.1 g/mol. The lowest BCUT2D eigenvalue weighted by Gasteiger charge is -1.74. The number of hydrogen-bond donors (Lipinski definition) is 1. The van der Waals surface area contributed by atoms with Gasteiger partial charge in [0.05, 0.1) is 0 Å². The van der Waals surface area contributed by atoms with Crippen LogP contribution in [0.15, 0.2) is 4.99 Å². The third-order valence-electron chi connectivity index (χ3n) is 0.323. The van der Waals surface area contributed by atoms with Crippen molar-refractivity contribution in [2.45, 2.75) is 13.8 Å². The minimum absolute atomic E-state index is 0.359. The van der Waals surface area contributed by atoms with Gasteiger partial charge in [-0.2, -0.15) is 0 Å². The van der Waals surface area contributed by atoms with E-state index in [1.807, 2.05) is 0 Å². The Balaban J connectivity index is 3.30. The third kappa shape index (κ3) is 3.34. The molecule has 0 aliphatic carbocycles. The van der Waals surface area contributed by atoms with Gasteiger partial charge < -0.3 is 0 Å². The van der Waals surface area contributed by atoms with E-state index in [0.29, 0.717) is 5.84 Å². The highest BCUT2D eigenvalue weighted by Crippen LogP contribution is 1.65. The van der Waals surface area contributed by atoms with Crippen LogP contribution in [0.25, 0.3) is 0 Å². The predicted molar refractivity (Wildman–Crippen MR) is 27.6 cm³/mol. The summed E-state index contributed by atoms with van der Waals surface area (Å²) in [6.45, 7) is 3.43. The van der Waals surface area contributed by atoms with Crippen LogP contribution < -0.4 is 0 Å². The molecule has 0 saturated heterocycles. The zero-order chi connectivity index (χ0) is 4.99. The zero-order valence-electron chi connectivity index (χ0n) is 4.02. The lowest BCUT2D eigenvalue weighted by molar-refractivity contribution is 1.42. The summed E-state index contributed by atoms with van der Waals surface area (Å²) >= 11 is 0. The van der Waals surface area contributed by atoms with E-state index in [4.69, 9.17) is 5.41 Å². The molecule has 0 bridgehead atoms. The smallest absolute Gasteiger partial charge is 0.116 e. The van der Waals surface area contributed by atoms with Gasteiger partial charge in [-0.1, -0.05) is 0 Å². The Bertz CT molecular complexity index is 73.6. The Kier molecular flexibility index (Phi) is 2.29. The van der Waals surface area contributed by atoms with Gasteiger partial charge in [0.2, 0.25) is 0 Å². The van der Waals surface area contributed by atoms with Gasteiger partial charge in [-0.05, 0) is 13.8 Å². The molecule has 0 aromatic rings. The average molecular weight is 84.1 g/mol. The minimum Gasteiger partial charge on any atom is -0.287 e. The van der Waals surface area contributed by atoms with Crippen LogP contribution in [-0.2, 0) is 0 Å². The van der Waals surface area contributed by atoms with Crippen LogP contribution in [0.3, 0.4) is 0 Å². The van der Waals surface area contributed by atoms with Crippen LogP contribution in [0, 0.1) is 5.41 Å². The minimum atomic E-state index is 0.359. The first-order valence-electron chi connectivity index (χ1n) is 1.81. The second kappa shape index (κ2) is 2.57. The van der Waals surface area contributed by atoms with Gasteiger partial charge in [0.15, 0.2) is 0 Å². The molecule has 1 N–H and O–H groups in total. The Morgan fingerprint density at radius 3 is 2.33 bits per heavy atom. The molecule has 0 spiro atoms. The topological polar surface area (TPSA) is 36.2 Å². The van der Waals surface area contributed by atoms with E-state index in [0.717, 1.165) is 0 Å². The summed E-state index contributed by atoms with van der Waals surface area (Å²) in [6, 6.07) is 0. The van der Waals surface area contributed by atoms with E-state index in [1.165, 1.54) is 0 Å². The normalized spacial score (nSPS) is 9.67. The van der Waals surface area contributed by atoms with Crippen LogP contribution in [-0.4, -0.2) is 12.1 Å². The Morgan fingerprint density at radius 1 is 1.83 bits per heavy atom. The van der Waals surface area contributed by atoms with Gasteiger partial charge >= 0.3 is 0 Å². The fourth-order valence-electron chi connectivity index (χ4n) is 0.194. The molecule has 0 heterocycles. The van der Waals surface area contributed by atoms with E-state index in [2.05, 4.69) is 4.99 Å². The number of aliphatic imine (C=N–C) groups is 1. The fourth-order valence-corrected chi connectivity index (χ4v) is 0.194. The van der Waals surface area contributed by atoms with Crippen LogP contribution in [0.5, 0.6) is 0 Å². The lowest BCUT2D eigenvalue weighted by atomic mass is 10.7. The molecule has 0 aromatic carbocycles. The molecule has 0 unspecified atom stereocenters. The second-order valence-electron chi connectivity index (χ2n) is 0.973. The maximum atomic E-state index is 6.70. The summed E-state index contributed by atoms with van der Waals surface area (Å²) in [5, 5.41) is 6.70. The molecule has 0 aliphatic heterocycles. The first-order valence-corrected chi connectivity index (χ1v) is 1.81. The van der Waals surface area contributed by atoms with Crippen molar-refractivity contribution in [3.05, 3.63) is 0 Å². The highest BCUT2D eigenvalue weighted by atomic mass is 14.8. The third-order valence-corrected chi connectivity index (χ3v) is 0.323. The zero-order valence-corrected chi connectivity index (χ0v) is 4.02. The molecule has 0 aliphatic rings. The molecular formula is C4H8N2. The van der Waals surface area contributed by atoms with Gasteiger partial charge in [-0.25, -0.2) is 4.99 Å². The van der Waals surface area contributed by atoms with E-state index in [-0.39, 0.29) is 0 Å². The molecule has 2 nitrogen and oxygen atoms in total. The highest BCUT2D eigenvalue weighted by Gasteiger charge is 1.67. The number of hydrogen-bond acceptors (Lipinski definition) is 1. The fraction of sp³-hybridized carbons (Fsp3) is 0.500. The maximum absolute atomic E-state index is 6.70. The Labute approximate surface area is 37.4 Å². The van der Waals surface area contributed by atoms with Gasteiger partial charge in [0, 0.05) is 6.21 Å². The standard InChI is InChI=1S/C4H8N2/c1-3-6-4(2)5/h3,5H,1-2H3/b5-4?,6-3-. The maximum Gasteiger partial charge on any atom is 0.116 e. The number of amidine groups is 1. The molecule has 0 saturated carbocycles. The highest BCUT2D eigenvalue weighted by molar-refractivity contribution is 5.84. The van der Waals surface area contributed by atoms with E-state index < -0.39 is 0 Å². The Morgan fingerprint density at radius 2 is 2.33 bits per heavy atom. The molecular weight excluding hydrogens is 76.1 g/mol. The van der Waals surface area contributed by atoms with Crippen LogP contribution in [0.1, 0.15) is 13.8 Å². The number of nitrogens with zero attached hydrogens (tertiary/aromatic N) is 1. The predicted octanol–water partition coefficient (Wildman–Crippen LogP) is 1.07. The number of nitrogens with one attached hydrogen (secondary N) is 1. The molecule has 6 heavy (non-hydrogen) atoms. The van der Waals surface area contributed by atoms with Crippen molar-refractivity contribution >= 4 is 12.1 Å². The molecule has 0 fully saturated rings. The largest absolute Gasteiger partial charge is 0.287 e. The summed E-state index contributed by atoms with van der Waals surface area (Å²) in [5.74, 6) is 0.359. The SMILES string of the molecule is C/C=N\C(C)=N. The number of rotatable bonds is 0. The van der Waals surface area contributed by atoms with Crippen molar-refractivity contribution in [3.63, 3.8) is 0 Å². The summed E-state index contributed by atoms with van der Waals surface area (Å²) in [4.78, 5) is 3.58. The summed E-state index contributed by atoms with van der Waals surface area (Å²) in [7, 11) is 0. The van der Waals surface area contributed by atoms with Crippen molar-refractivity contribution in [1.29, 1.82) is 5.41 Å². The van der Waals surface area contributed by atoms with Gasteiger partial charge in [0.1, 0.15) is 5.84 Å². The van der Waals surface area contributed by atoms with Crippen molar-refractivity contribution in [2.24, 2.45) is 4.99 Å². The van der Waals surface area contributed by atoms with Gasteiger partial charge in [-0.3, -0.25) is 5.41 Å². The Hall–Kier alpha value is -0.660. The lowest BCUT2D eigenvalue weighted by Crippen LogP contribution is -1.77. The second-order valence-corrected chi connectivity index (χ2v) is 0.973. The van der Waals surface area contributed by atoms with Crippen LogP contribution >= 0.6 is 0 Å². The van der Waals surface area contributed by atoms with E-state index in [1.54, 1.807) is 20.1 Å².